The monoisotopic (exact) mass is 202 g/mol. The lowest BCUT2D eigenvalue weighted by atomic mass is 10.3. The SMILES string of the molecule is Clc1[c]c(Nc2ccccc2)ccc1. The van der Waals surface area contributed by atoms with Gasteiger partial charge in [0.1, 0.15) is 0 Å². The van der Waals surface area contributed by atoms with Crippen molar-refractivity contribution in [1.29, 1.82) is 0 Å². The lowest BCUT2D eigenvalue weighted by Crippen LogP contribution is -1.88. The maximum Gasteiger partial charge on any atom is 0.0506 e. The Morgan fingerprint density at radius 1 is 0.929 bits per heavy atom. The van der Waals surface area contributed by atoms with Crippen molar-refractivity contribution in [2.75, 3.05) is 5.32 Å². The molecule has 0 unspecified atom stereocenters. The number of benzene rings is 2. The van der Waals surface area contributed by atoms with Crippen LogP contribution in [-0.2, 0) is 0 Å². The van der Waals surface area contributed by atoms with E-state index < -0.39 is 0 Å². The Labute approximate surface area is 88.3 Å². The normalized spacial score (nSPS) is 9.79. The highest BCUT2D eigenvalue weighted by atomic mass is 35.5. The summed E-state index contributed by atoms with van der Waals surface area (Å²) in [6, 6.07) is 18.6. The number of nitrogens with one attached hydrogen (secondary N) is 1. The molecule has 1 radical (unpaired) electrons. The fraction of sp³-hybridized carbons (Fsp3) is 0. The van der Waals surface area contributed by atoms with Crippen LogP contribution in [0.25, 0.3) is 0 Å². The number of halogens is 1. The minimum Gasteiger partial charge on any atom is -0.355 e. The standard InChI is InChI=1S/C12H9ClN/c13-10-5-4-8-12(9-10)14-11-6-2-1-3-7-11/h1-8,14H. The molecule has 1 N–H and O–H groups in total. The first-order valence-electron chi connectivity index (χ1n) is 4.34. The largest absolute Gasteiger partial charge is 0.355 e. The number of anilines is 2. The van der Waals surface area contributed by atoms with Gasteiger partial charge in [-0.05, 0) is 24.3 Å². The Hall–Kier alpha value is -1.47. The van der Waals surface area contributed by atoms with Crippen molar-refractivity contribution < 1.29 is 0 Å². The number of hydrogen-bond donors (Lipinski definition) is 1. The minimum absolute atomic E-state index is 0.617. The summed E-state index contributed by atoms with van der Waals surface area (Å²) in [5.41, 5.74) is 1.91. The topological polar surface area (TPSA) is 12.0 Å². The molecule has 0 bridgehead atoms. The van der Waals surface area contributed by atoms with Gasteiger partial charge in [0, 0.05) is 17.4 Å². The summed E-state index contributed by atoms with van der Waals surface area (Å²) < 4.78 is 0. The highest BCUT2D eigenvalue weighted by molar-refractivity contribution is 6.30. The van der Waals surface area contributed by atoms with Crippen LogP contribution >= 0.6 is 11.6 Å². The summed E-state index contributed by atoms with van der Waals surface area (Å²) in [7, 11) is 0. The molecular formula is C12H9ClN. The van der Waals surface area contributed by atoms with Gasteiger partial charge in [-0.3, -0.25) is 0 Å². The van der Waals surface area contributed by atoms with Gasteiger partial charge in [-0.1, -0.05) is 35.9 Å². The Balaban J connectivity index is 2.19. The Morgan fingerprint density at radius 2 is 1.71 bits per heavy atom. The van der Waals surface area contributed by atoms with Crippen molar-refractivity contribution in [1.82, 2.24) is 0 Å². The molecular weight excluding hydrogens is 194 g/mol. The molecule has 0 fully saturated rings. The maximum absolute atomic E-state index is 5.82. The Morgan fingerprint density at radius 3 is 2.43 bits per heavy atom. The van der Waals surface area contributed by atoms with Gasteiger partial charge in [0.05, 0.1) is 5.02 Å². The van der Waals surface area contributed by atoms with Gasteiger partial charge in [-0.15, -0.1) is 0 Å². The van der Waals surface area contributed by atoms with Crippen molar-refractivity contribution in [3.8, 4) is 0 Å². The minimum atomic E-state index is 0.617. The molecule has 2 heteroatoms. The highest BCUT2D eigenvalue weighted by Crippen LogP contribution is 2.18. The first-order valence-corrected chi connectivity index (χ1v) is 4.72. The van der Waals surface area contributed by atoms with E-state index in [0.29, 0.717) is 5.02 Å². The molecule has 0 aliphatic carbocycles. The molecule has 0 spiro atoms. The molecule has 0 heterocycles. The first-order chi connectivity index (χ1) is 6.84. The van der Waals surface area contributed by atoms with Gasteiger partial charge in [0.15, 0.2) is 0 Å². The van der Waals surface area contributed by atoms with Crippen LogP contribution in [0.1, 0.15) is 0 Å². The molecule has 0 saturated carbocycles. The molecule has 2 aromatic carbocycles. The lowest BCUT2D eigenvalue weighted by Gasteiger charge is -2.05. The van der Waals surface area contributed by atoms with Crippen LogP contribution in [-0.4, -0.2) is 0 Å². The van der Waals surface area contributed by atoms with Crippen LogP contribution in [0.3, 0.4) is 0 Å². The van der Waals surface area contributed by atoms with E-state index in [1.54, 1.807) is 6.07 Å². The molecule has 69 valence electrons. The van der Waals surface area contributed by atoms with Crippen LogP contribution in [0.4, 0.5) is 11.4 Å². The van der Waals surface area contributed by atoms with Crippen molar-refractivity contribution in [3.05, 3.63) is 59.6 Å². The smallest absolute Gasteiger partial charge is 0.0506 e. The van der Waals surface area contributed by atoms with Gasteiger partial charge in [-0.25, -0.2) is 0 Å². The summed E-state index contributed by atoms with van der Waals surface area (Å²) in [6.07, 6.45) is 0. The molecule has 0 amide bonds. The fourth-order valence-electron chi connectivity index (χ4n) is 1.19. The highest BCUT2D eigenvalue weighted by Gasteiger charge is 1.94. The van der Waals surface area contributed by atoms with Gasteiger partial charge in [0.25, 0.3) is 0 Å². The van der Waals surface area contributed by atoms with Crippen LogP contribution in [0.15, 0.2) is 48.5 Å². The lowest BCUT2D eigenvalue weighted by molar-refractivity contribution is 1.54. The third-order valence-corrected chi connectivity index (χ3v) is 2.03. The molecule has 0 saturated heterocycles. The molecule has 14 heavy (non-hydrogen) atoms. The van der Waals surface area contributed by atoms with Gasteiger partial charge in [0.2, 0.25) is 0 Å². The van der Waals surface area contributed by atoms with Crippen LogP contribution in [0.5, 0.6) is 0 Å². The number of rotatable bonds is 2. The average molecular weight is 203 g/mol. The van der Waals surface area contributed by atoms with Crippen molar-refractivity contribution in [2.24, 2.45) is 0 Å². The van der Waals surface area contributed by atoms with E-state index >= 15 is 0 Å². The zero-order chi connectivity index (χ0) is 9.80. The van der Waals surface area contributed by atoms with Gasteiger partial charge in [-0.2, -0.15) is 0 Å². The molecule has 0 atom stereocenters. The maximum atomic E-state index is 5.82. The average Bonchev–Trinajstić information content (AvgIpc) is 2.19. The molecule has 0 aliphatic rings. The van der Waals surface area contributed by atoms with Gasteiger partial charge < -0.3 is 5.32 Å². The second kappa shape index (κ2) is 4.16. The predicted octanol–water partition coefficient (Wildman–Crippen LogP) is 3.88. The van der Waals surface area contributed by atoms with Gasteiger partial charge >= 0.3 is 0 Å². The summed E-state index contributed by atoms with van der Waals surface area (Å²) in [5.74, 6) is 0. The first kappa shape index (κ1) is 9.10. The second-order valence-corrected chi connectivity index (χ2v) is 3.31. The van der Waals surface area contributed by atoms with E-state index in [9.17, 15) is 0 Å². The van der Waals surface area contributed by atoms with Crippen LogP contribution < -0.4 is 5.32 Å². The Bertz CT molecular complexity index is 412. The summed E-state index contributed by atoms with van der Waals surface area (Å²) >= 11 is 5.82. The zero-order valence-corrected chi connectivity index (χ0v) is 8.25. The van der Waals surface area contributed by atoms with E-state index in [1.807, 2.05) is 42.5 Å². The fourth-order valence-corrected chi connectivity index (χ4v) is 1.37. The second-order valence-electron chi connectivity index (χ2n) is 2.90. The quantitative estimate of drug-likeness (QED) is 0.779. The third kappa shape index (κ3) is 2.27. The zero-order valence-electron chi connectivity index (χ0n) is 7.50. The molecule has 2 rings (SSSR count). The molecule has 0 aromatic heterocycles. The van der Waals surface area contributed by atoms with E-state index in [-0.39, 0.29) is 0 Å². The van der Waals surface area contributed by atoms with Crippen molar-refractivity contribution in [3.63, 3.8) is 0 Å². The van der Waals surface area contributed by atoms with Crippen molar-refractivity contribution >= 4 is 23.0 Å². The van der Waals surface area contributed by atoms with Crippen LogP contribution in [0, 0.1) is 6.07 Å². The number of para-hydroxylation sites is 1. The van der Waals surface area contributed by atoms with E-state index in [2.05, 4.69) is 11.4 Å². The molecule has 2 aromatic rings. The van der Waals surface area contributed by atoms with E-state index in [1.165, 1.54) is 0 Å². The summed E-state index contributed by atoms with van der Waals surface area (Å²) in [5, 5.41) is 3.82. The van der Waals surface area contributed by atoms with E-state index in [0.717, 1.165) is 11.4 Å². The molecule has 0 aliphatic heterocycles. The summed E-state index contributed by atoms with van der Waals surface area (Å²) in [4.78, 5) is 0. The number of hydrogen-bond acceptors (Lipinski definition) is 1. The van der Waals surface area contributed by atoms with Crippen molar-refractivity contribution in [2.45, 2.75) is 0 Å². The molecule has 1 nitrogen and oxygen atoms in total. The Kier molecular flexibility index (Phi) is 2.70. The van der Waals surface area contributed by atoms with Crippen LogP contribution in [0.2, 0.25) is 5.02 Å². The predicted molar refractivity (Wildman–Crippen MR) is 60.0 cm³/mol. The third-order valence-electron chi connectivity index (χ3n) is 1.81. The van der Waals surface area contributed by atoms with E-state index in [4.69, 9.17) is 11.6 Å². The summed E-state index contributed by atoms with van der Waals surface area (Å²) in [6.45, 7) is 0.